The van der Waals surface area contributed by atoms with Crippen LogP contribution < -0.4 is 5.73 Å². The molecule has 0 atom stereocenters. The molecular weight excluding hydrogens is 255 g/mol. The minimum absolute atomic E-state index is 0.352. The molecule has 0 aliphatic carbocycles. The van der Waals surface area contributed by atoms with Crippen LogP contribution in [0.2, 0.25) is 0 Å². The number of hydrogen-bond acceptors (Lipinski definition) is 3. The first-order valence-corrected chi connectivity index (χ1v) is 5.40. The van der Waals surface area contributed by atoms with Gasteiger partial charge >= 0.3 is 6.18 Å². The first-order chi connectivity index (χ1) is 8.95. The summed E-state index contributed by atoms with van der Waals surface area (Å²) in [5, 5.41) is 7.74. The third-order valence-electron chi connectivity index (χ3n) is 2.37. The standard InChI is InChI=1S/C13H10F3N3/c14-13(15,16)9-1-5-11(6-2-9)18-19-12-7-3-10(17)4-8-12/h1-8H,17H2. The van der Waals surface area contributed by atoms with Gasteiger partial charge in [0, 0.05) is 5.69 Å². The largest absolute Gasteiger partial charge is 0.416 e. The fourth-order valence-corrected chi connectivity index (χ4v) is 1.37. The van der Waals surface area contributed by atoms with E-state index >= 15 is 0 Å². The summed E-state index contributed by atoms with van der Waals surface area (Å²) in [6.07, 6.45) is -4.34. The molecule has 0 unspecified atom stereocenters. The quantitative estimate of drug-likeness (QED) is 0.620. The third kappa shape index (κ3) is 3.54. The van der Waals surface area contributed by atoms with Crippen molar-refractivity contribution in [3.05, 3.63) is 54.1 Å². The van der Waals surface area contributed by atoms with Crippen LogP contribution in [0, 0.1) is 0 Å². The van der Waals surface area contributed by atoms with Gasteiger partial charge in [-0.25, -0.2) is 0 Å². The van der Waals surface area contributed by atoms with Crippen molar-refractivity contribution >= 4 is 17.1 Å². The van der Waals surface area contributed by atoms with E-state index in [4.69, 9.17) is 5.73 Å². The molecule has 2 aromatic rings. The van der Waals surface area contributed by atoms with E-state index in [2.05, 4.69) is 10.2 Å². The summed E-state index contributed by atoms with van der Waals surface area (Å²) in [6.45, 7) is 0. The zero-order chi connectivity index (χ0) is 13.9. The summed E-state index contributed by atoms with van der Waals surface area (Å²) in [6, 6.07) is 11.1. The first-order valence-electron chi connectivity index (χ1n) is 5.40. The van der Waals surface area contributed by atoms with E-state index < -0.39 is 11.7 Å². The number of azo groups is 1. The van der Waals surface area contributed by atoms with E-state index in [0.29, 0.717) is 17.1 Å². The lowest BCUT2D eigenvalue weighted by Crippen LogP contribution is -2.03. The average Bonchev–Trinajstić information content (AvgIpc) is 2.37. The Morgan fingerprint density at radius 1 is 0.737 bits per heavy atom. The molecule has 0 aliphatic rings. The lowest BCUT2D eigenvalue weighted by Gasteiger charge is -2.05. The maximum atomic E-state index is 12.3. The van der Waals surface area contributed by atoms with Crippen LogP contribution in [-0.4, -0.2) is 0 Å². The summed E-state index contributed by atoms with van der Waals surface area (Å²) in [5.74, 6) is 0. The molecule has 3 nitrogen and oxygen atoms in total. The number of rotatable bonds is 2. The van der Waals surface area contributed by atoms with Crippen LogP contribution in [0.5, 0.6) is 0 Å². The van der Waals surface area contributed by atoms with Gasteiger partial charge in [0.15, 0.2) is 0 Å². The van der Waals surface area contributed by atoms with E-state index in [1.807, 2.05) is 0 Å². The Bertz CT molecular complexity index is 572. The van der Waals surface area contributed by atoms with Gasteiger partial charge in [0.05, 0.1) is 16.9 Å². The SMILES string of the molecule is Nc1ccc(N=Nc2ccc(C(F)(F)F)cc2)cc1. The number of nitrogens with two attached hydrogens (primary N) is 1. The molecule has 19 heavy (non-hydrogen) atoms. The minimum atomic E-state index is -4.34. The molecule has 2 rings (SSSR count). The molecule has 0 spiro atoms. The number of nitrogens with zero attached hydrogens (tertiary/aromatic N) is 2. The van der Waals surface area contributed by atoms with Gasteiger partial charge in [0.2, 0.25) is 0 Å². The highest BCUT2D eigenvalue weighted by atomic mass is 19.4. The van der Waals surface area contributed by atoms with E-state index in [9.17, 15) is 13.2 Å². The number of nitrogen functional groups attached to an aromatic ring is 1. The minimum Gasteiger partial charge on any atom is -0.399 e. The Morgan fingerprint density at radius 3 is 1.58 bits per heavy atom. The second-order valence-electron chi connectivity index (χ2n) is 3.84. The molecule has 98 valence electrons. The average molecular weight is 265 g/mol. The van der Waals surface area contributed by atoms with Crippen LogP contribution in [0.15, 0.2) is 58.8 Å². The van der Waals surface area contributed by atoms with Gasteiger partial charge < -0.3 is 5.73 Å². The van der Waals surface area contributed by atoms with Crippen molar-refractivity contribution in [2.45, 2.75) is 6.18 Å². The first kappa shape index (κ1) is 13.1. The molecule has 2 aromatic carbocycles. The summed E-state index contributed by atoms with van der Waals surface area (Å²) in [5.41, 5.74) is 6.34. The third-order valence-corrected chi connectivity index (χ3v) is 2.37. The predicted molar refractivity (Wildman–Crippen MR) is 66.5 cm³/mol. The van der Waals surface area contributed by atoms with Gasteiger partial charge in [-0.2, -0.15) is 23.4 Å². The van der Waals surface area contributed by atoms with Gasteiger partial charge in [0.25, 0.3) is 0 Å². The number of alkyl halides is 3. The number of halogens is 3. The molecule has 2 N–H and O–H groups in total. The van der Waals surface area contributed by atoms with Crippen molar-refractivity contribution in [3.8, 4) is 0 Å². The lowest BCUT2D eigenvalue weighted by atomic mass is 10.2. The highest BCUT2D eigenvalue weighted by molar-refractivity contribution is 5.48. The molecule has 0 saturated heterocycles. The second kappa shape index (κ2) is 5.09. The number of hydrogen-bond donors (Lipinski definition) is 1. The van der Waals surface area contributed by atoms with Crippen molar-refractivity contribution in [1.29, 1.82) is 0 Å². The molecule has 0 radical (unpaired) electrons. The van der Waals surface area contributed by atoms with Crippen LogP contribution in [0.4, 0.5) is 30.2 Å². The highest BCUT2D eigenvalue weighted by Crippen LogP contribution is 2.30. The molecule has 0 heterocycles. The fraction of sp³-hybridized carbons (Fsp3) is 0.0769. The Labute approximate surface area is 107 Å². The van der Waals surface area contributed by atoms with E-state index in [0.717, 1.165) is 12.1 Å². The van der Waals surface area contributed by atoms with Crippen LogP contribution in [0.1, 0.15) is 5.56 Å². The van der Waals surface area contributed by atoms with E-state index in [1.165, 1.54) is 12.1 Å². The molecule has 0 aromatic heterocycles. The van der Waals surface area contributed by atoms with Gasteiger partial charge in [-0.1, -0.05) is 0 Å². The van der Waals surface area contributed by atoms with Crippen molar-refractivity contribution in [3.63, 3.8) is 0 Å². The molecule has 0 aliphatic heterocycles. The normalized spacial score (nSPS) is 11.9. The number of anilines is 1. The Kier molecular flexibility index (Phi) is 3.50. The number of benzene rings is 2. The summed E-state index contributed by atoms with van der Waals surface area (Å²) in [7, 11) is 0. The van der Waals surface area contributed by atoms with Gasteiger partial charge in [0.1, 0.15) is 0 Å². The van der Waals surface area contributed by atoms with Gasteiger partial charge in [-0.05, 0) is 48.5 Å². The molecular formula is C13H10F3N3. The molecule has 0 saturated carbocycles. The molecule has 0 bridgehead atoms. The Hall–Kier alpha value is -2.37. The van der Waals surface area contributed by atoms with Gasteiger partial charge in [-0.15, -0.1) is 0 Å². The topological polar surface area (TPSA) is 50.7 Å². The molecule has 6 heteroatoms. The maximum absolute atomic E-state index is 12.3. The van der Waals surface area contributed by atoms with Crippen LogP contribution >= 0.6 is 0 Å². The Morgan fingerprint density at radius 2 is 1.16 bits per heavy atom. The molecule has 0 amide bonds. The summed E-state index contributed by atoms with van der Waals surface area (Å²) < 4.78 is 37.0. The van der Waals surface area contributed by atoms with E-state index in [1.54, 1.807) is 24.3 Å². The Balaban J connectivity index is 2.13. The highest BCUT2D eigenvalue weighted by Gasteiger charge is 2.29. The van der Waals surface area contributed by atoms with E-state index in [-0.39, 0.29) is 0 Å². The van der Waals surface area contributed by atoms with Crippen LogP contribution in [0.3, 0.4) is 0 Å². The van der Waals surface area contributed by atoms with Gasteiger partial charge in [-0.3, -0.25) is 0 Å². The van der Waals surface area contributed by atoms with Crippen LogP contribution in [0.25, 0.3) is 0 Å². The molecule has 0 fully saturated rings. The smallest absolute Gasteiger partial charge is 0.399 e. The predicted octanol–water partition coefficient (Wildman–Crippen LogP) is 4.70. The van der Waals surface area contributed by atoms with Crippen molar-refractivity contribution in [1.82, 2.24) is 0 Å². The monoisotopic (exact) mass is 265 g/mol. The van der Waals surface area contributed by atoms with Crippen molar-refractivity contribution in [2.24, 2.45) is 10.2 Å². The fourth-order valence-electron chi connectivity index (χ4n) is 1.37. The van der Waals surface area contributed by atoms with Crippen LogP contribution in [-0.2, 0) is 6.18 Å². The van der Waals surface area contributed by atoms with Crippen molar-refractivity contribution in [2.75, 3.05) is 5.73 Å². The summed E-state index contributed by atoms with van der Waals surface area (Å²) >= 11 is 0. The zero-order valence-corrected chi connectivity index (χ0v) is 9.72. The second-order valence-corrected chi connectivity index (χ2v) is 3.84. The summed E-state index contributed by atoms with van der Waals surface area (Å²) in [4.78, 5) is 0. The lowest BCUT2D eigenvalue weighted by molar-refractivity contribution is -0.137. The van der Waals surface area contributed by atoms with Crippen molar-refractivity contribution < 1.29 is 13.2 Å². The zero-order valence-electron chi connectivity index (χ0n) is 9.72. The maximum Gasteiger partial charge on any atom is 0.416 e.